The van der Waals surface area contributed by atoms with Crippen LogP contribution in [0.25, 0.3) is 0 Å². The number of nitrogens with one attached hydrogen (secondary N) is 1. The van der Waals surface area contributed by atoms with Crippen molar-refractivity contribution in [2.75, 3.05) is 0 Å². The highest BCUT2D eigenvalue weighted by atomic mass is 35.5. The van der Waals surface area contributed by atoms with Crippen molar-refractivity contribution in [2.45, 2.75) is 25.3 Å². The Morgan fingerprint density at radius 1 is 1.35 bits per heavy atom. The van der Waals surface area contributed by atoms with Crippen molar-refractivity contribution in [3.8, 4) is 0 Å². The first kappa shape index (κ1) is 13.4. The molecule has 2 aliphatic rings. The van der Waals surface area contributed by atoms with Crippen molar-refractivity contribution >= 4 is 23.5 Å². The van der Waals surface area contributed by atoms with Gasteiger partial charge in [0.2, 0.25) is 0 Å². The van der Waals surface area contributed by atoms with Crippen molar-refractivity contribution in [3.63, 3.8) is 0 Å². The summed E-state index contributed by atoms with van der Waals surface area (Å²) in [7, 11) is 0. The second kappa shape index (κ2) is 5.05. The molecule has 0 saturated heterocycles. The maximum atomic E-state index is 12.2. The minimum atomic E-state index is -0.818. The molecule has 2 bridgehead atoms. The van der Waals surface area contributed by atoms with Crippen molar-refractivity contribution in [1.82, 2.24) is 10.3 Å². The zero-order chi connectivity index (χ0) is 14.3. The average Bonchev–Trinajstić information content (AvgIpc) is 2.99. The van der Waals surface area contributed by atoms with Crippen LogP contribution in [0.5, 0.6) is 0 Å². The van der Waals surface area contributed by atoms with Crippen LogP contribution in [0.1, 0.15) is 29.8 Å². The monoisotopic (exact) mass is 294 g/mol. The quantitative estimate of drug-likeness (QED) is 0.893. The largest absolute Gasteiger partial charge is 0.481 e. The number of rotatable bonds is 3. The molecule has 2 aliphatic carbocycles. The van der Waals surface area contributed by atoms with Crippen LogP contribution in [0.15, 0.2) is 18.3 Å². The van der Waals surface area contributed by atoms with Crippen molar-refractivity contribution < 1.29 is 14.7 Å². The number of carboxylic acid groups (broad SMARTS) is 1. The molecule has 6 heteroatoms. The fourth-order valence-electron chi connectivity index (χ4n) is 3.61. The van der Waals surface area contributed by atoms with E-state index in [1.807, 2.05) is 0 Å². The maximum Gasteiger partial charge on any atom is 0.308 e. The van der Waals surface area contributed by atoms with E-state index < -0.39 is 11.9 Å². The van der Waals surface area contributed by atoms with Gasteiger partial charge in [0.1, 0.15) is 5.69 Å². The Labute approximate surface area is 121 Å². The van der Waals surface area contributed by atoms with E-state index in [0.29, 0.717) is 5.02 Å². The number of hydrogen-bond donors (Lipinski definition) is 2. The van der Waals surface area contributed by atoms with Crippen LogP contribution < -0.4 is 5.32 Å². The van der Waals surface area contributed by atoms with Gasteiger partial charge in [-0.05, 0) is 43.2 Å². The Hall–Kier alpha value is -1.62. The highest BCUT2D eigenvalue weighted by molar-refractivity contribution is 6.30. The van der Waals surface area contributed by atoms with Crippen molar-refractivity contribution in [1.29, 1.82) is 0 Å². The molecule has 2 fully saturated rings. The number of aromatic nitrogens is 1. The highest BCUT2D eigenvalue weighted by Crippen LogP contribution is 2.48. The molecule has 5 nitrogen and oxygen atoms in total. The summed E-state index contributed by atoms with van der Waals surface area (Å²) in [6.07, 6.45) is 4.30. The SMILES string of the molecule is O=C(NC1C2CCC(C2)C1C(=O)O)c1cc(Cl)ccn1. The number of carbonyl (C=O) groups excluding carboxylic acids is 1. The minimum Gasteiger partial charge on any atom is -0.481 e. The first-order valence-corrected chi connectivity index (χ1v) is 7.09. The standard InChI is InChI=1S/C14H15ClN2O3/c15-9-3-4-16-10(6-9)13(18)17-12-8-2-1-7(5-8)11(12)14(19)20/h3-4,6-8,11-12H,1-2,5H2,(H,17,18)(H,19,20). The summed E-state index contributed by atoms with van der Waals surface area (Å²) < 4.78 is 0. The number of aliphatic carboxylic acids is 1. The molecule has 0 aliphatic heterocycles. The molecule has 4 unspecified atom stereocenters. The normalized spacial score (nSPS) is 31.2. The molecule has 2 saturated carbocycles. The summed E-state index contributed by atoms with van der Waals surface area (Å²) >= 11 is 5.83. The summed E-state index contributed by atoms with van der Waals surface area (Å²) in [5, 5.41) is 12.6. The topological polar surface area (TPSA) is 79.3 Å². The average molecular weight is 295 g/mol. The van der Waals surface area contributed by atoms with Crippen LogP contribution in [0.4, 0.5) is 0 Å². The maximum absolute atomic E-state index is 12.2. The van der Waals surface area contributed by atoms with E-state index in [1.165, 1.54) is 12.3 Å². The molecule has 106 valence electrons. The van der Waals surface area contributed by atoms with E-state index in [9.17, 15) is 14.7 Å². The molecule has 20 heavy (non-hydrogen) atoms. The van der Waals surface area contributed by atoms with Crippen LogP contribution in [0.2, 0.25) is 5.02 Å². The van der Waals surface area contributed by atoms with Gasteiger partial charge in [-0.25, -0.2) is 0 Å². The predicted molar refractivity (Wildman–Crippen MR) is 72.5 cm³/mol. The lowest BCUT2D eigenvalue weighted by atomic mass is 9.84. The van der Waals surface area contributed by atoms with E-state index in [2.05, 4.69) is 10.3 Å². The molecule has 1 amide bonds. The Balaban J connectivity index is 1.77. The van der Waals surface area contributed by atoms with Crippen LogP contribution in [-0.4, -0.2) is 28.0 Å². The zero-order valence-electron chi connectivity index (χ0n) is 10.8. The van der Waals surface area contributed by atoms with Crippen LogP contribution in [0.3, 0.4) is 0 Å². The lowest BCUT2D eigenvalue weighted by molar-refractivity contribution is -0.144. The number of carbonyl (C=O) groups is 2. The second-order valence-electron chi connectivity index (χ2n) is 5.56. The summed E-state index contributed by atoms with van der Waals surface area (Å²) in [4.78, 5) is 27.5. The van der Waals surface area contributed by atoms with Gasteiger partial charge in [0.15, 0.2) is 0 Å². The van der Waals surface area contributed by atoms with Gasteiger partial charge in [-0.2, -0.15) is 0 Å². The lowest BCUT2D eigenvalue weighted by Gasteiger charge is -2.28. The number of nitrogens with zero attached hydrogens (tertiary/aromatic N) is 1. The minimum absolute atomic E-state index is 0.190. The molecule has 2 N–H and O–H groups in total. The van der Waals surface area contributed by atoms with E-state index >= 15 is 0 Å². The smallest absolute Gasteiger partial charge is 0.308 e. The number of fused-ring (bicyclic) bond motifs is 2. The van der Waals surface area contributed by atoms with Gasteiger partial charge in [-0.1, -0.05) is 11.6 Å². The summed E-state index contributed by atoms with van der Waals surface area (Å²) in [6.45, 7) is 0. The predicted octanol–water partition coefficient (Wildman–Crippen LogP) is 1.96. The molecule has 0 aromatic carbocycles. The summed E-state index contributed by atoms with van der Waals surface area (Å²) in [5.41, 5.74) is 0.226. The number of halogens is 1. The third-order valence-corrected chi connectivity index (χ3v) is 4.69. The third kappa shape index (κ3) is 2.26. The van der Waals surface area contributed by atoms with Gasteiger partial charge in [-0.15, -0.1) is 0 Å². The van der Waals surface area contributed by atoms with Gasteiger partial charge in [0.05, 0.1) is 5.92 Å². The fourth-order valence-corrected chi connectivity index (χ4v) is 3.77. The van der Waals surface area contributed by atoms with Crippen LogP contribution in [-0.2, 0) is 4.79 Å². The number of hydrogen-bond acceptors (Lipinski definition) is 3. The molecular weight excluding hydrogens is 280 g/mol. The third-order valence-electron chi connectivity index (χ3n) is 4.45. The summed E-state index contributed by atoms with van der Waals surface area (Å²) in [5.74, 6) is -1.19. The van der Waals surface area contributed by atoms with Crippen molar-refractivity contribution in [3.05, 3.63) is 29.0 Å². The first-order valence-electron chi connectivity index (χ1n) is 6.71. The number of pyridine rings is 1. The van der Waals surface area contributed by atoms with E-state index in [4.69, 9.17) is 11.6 Å². The molecule has 3 rings (SSSR count). The molecule has 1 aromatic heterocycles. The molecule has 1 heterocycles. The van der Waals surface area contributed by atoms with Gasteiger partial charge in [0, 0.05) is 17.3 Å². The molecule has 4 atom stereocenters. The van der Waals surface area contributed by atoms with E-state index in [-0.39, 0.29) is 29.5 Å². The fraction of sp³-hybridized carbons (Fsp3) is 0.500. The van der Waals surface area contributed by atoms with Crippen LogP contribution >= 0.6 is 11.6 Å². The van der Waals surface area contributed by atoms with Crippen molar-refractivity contribution in [2.24, 2.45) is 17.8 Å². The Kier molecular flexibility index (Phi) is 3.38. The van der Waals surface area contributed by atoms with Gasteiger partial charge >= 0.3 is 5.97 Å². The van der Waals surface area contributed by atoms with Gasteiger partial charge in [0.25, 0.3) is 5.91 Å². The van der Waals surface area contributed by atoms with E-state index in [0.717, 1.165) is 19.3 Å². The Morgan fingerprint density at radius 2 is 2.10 bits per heavy atom. The second-order valence-corrected chi connectivity index (χ2v) is 5.99. The van der Waals surface area contributed by atoms with Gasteiger partial charge < -0.3 is 10.4 Å². The molecule has 0 spiro atoms. The highest BCUT2D eigenvalue weighted by Gasteiger charge is 2.51. The van der Waals surface area contributed by atoms with Gasteiger partial charge in [-0.3, -0.25) is 14.6 Å². The number of carboxylic acids is 1. The molecular formula is C14H15ClN2O3. The Morgan fingerprint density at radius 3 is 2.80 bits per heavy atom. The Bertz CT molecular complexity index is 563. The molecule has 1 aromatic rings. The zero-order valence-corrected chi connectivity index (χ0v) is 11.5. The molecule has 0 radical (unpaired) electrons. The number of amides is 1. The van der Waals surface area contributed by atoms with E-state index in [1.54, 1.807) is 6.07 Å². The lowest BCUT2D eigenvalue weighted by Crippen LogP contribution is -2.47. The van der Waals surface area contributed by atoms with Crippen LogP contribution in [0, 0.1) is 17.8 Å². The first-order chi connectivity index (χ1) is 9.56. The summed E-state index contributed by atoms with van der Waals surface area (Å²) in [6, 6.07) is 2.79.